The van der Waals surface area contributed by atoms with E-state index in [1.165, 1.54) is 23.3 Å². The molecule has 180 valence electrons. The molecule has 1 aliphatic rings. The third-order valence-electron chi connectivity index (χ3n) is 6.35. The van der Waals surface area contributed by atoms with Gasteiger partial charge in [-0.1, -0.05) is 36.7 Å². The number of benzene rings is 2. The summed E-state index contributed by atoms with van der Waals surface area (Å²) in [6.45, 7) is 4.37. The van der Waals surface area contributed by atoms with Crippen LogP contribution in [0.2, 0.25) is 5.02 Å². The highest BCUT2D eigenvalue weighted by Crippen LogP contribution is 2.23. The van der Waals surface area contributed by atoms with E-state index in [9.17, 15) is 13.6 Å². The minimum Gasteiger partial charge on any atom is -0.347 e. The molecule has 0 bridgehead atoms. The Morgan fingerprint density at radius 2 is 1.86 bits per heavy atom. The predicted molar refractivity (Wildman–Crippen MR) is 131 cm³/mol. The Balaban J connectivity index is 1.26. The highest BCUT2D eigenvalue weighted by atomic mass is 35.5. The van der Waals surface area contributed by atoms with Gasteiger partial charge in [0.25, 0.3) is 5.91 Å². The van der Waals surface area contributed by atoms with Crippen LogP contribution in [0.25, 0.3) is 5.65 Å². The lowest BCUT2D eigenvalue weighted by molar-refractivity contribution is 0.0944. The Morgan fingerprint density at radius 3 is 2.63 bits per heavy atom. The van der Waals surface area contributed by atoms with Crippen LogP contribution in [0.1, 0.15) is 45.4 Å². The molecule has 8 heteroatoms. The number of aromatic nitrogens is 2. The summed E-state index contributed by atoms with van der Waals surface area (Å²) in [5.74, 6) is -1.30. The van der Waals surface area contributed by atoms with Gasteiger partial charge in [0.1, 0.15) is 23.0 Å². The van der Waals surface area contributed by atoms with Gasteiger partial charge in [-0.05, 0) is 59.4 Å². The number of fused-ring (bicyclic) bond motifs is 2. The fourth-order valence-electron chi connectivity index (χ4n) is 4.69. The number of amides is 1. The molecule has 0 fully saturated rings. The van der Waals surface area contributed by atoms with Gasteiger partial charge in [-0.3, -0.25) is 14.1 Å². The molecule has 2 aromatic carbocycles. The third-order valence-corrected chi connectivity index (χ3v) is 6.57. The van der Waals surface area contributed by atoms with Crippen molar-refractivity contribution in [3.05, 3.63) is 105 Å². The molecule has 5 nitrogen and oxygen atoms in total. The fourth-order valence-corrected chi connectivity index (χ4v) is 4.85. The fraction of sp³-hybridized carbons (Fsp3) is 0.259. The first-order valence-corrected chi connectivity index (χ1v) is 12.0. The van der Waals surface area contributed by atoms with Crippen LogP contribution in [-0.2, 0) is 32.5 Å². The van der Waals surface area contributed by atoms with Gasteiger partial charge in [0.15, 0.2) is 0 Å². The molecule has 0 unspecified atom stereocenters. The van der Waals surface area contributed by atoms with Crippen molar-refractivity contribution >= 4 is 23.2 Å². The Morgan fingerprint density at radius 1 is 1.06 bits per heavy atom. The Labute approximate surface area is 207 Å². The molecule has 0 saturated heterocycles. The molecule has 0 radical (unpaired) electrons. The number of hydrogen-bond donors (Lipinski definition) is 1. The topological polar surface area (TPSA) is 49.6 Å². The summed E-state index contributed by atoms with van der Waals surface area (Å²) >= 11 is 6.14. The predicted octanol–water partition coefficient (Wildman–Crippen LogP) is 5.32. The van der Waals surface area contributed by atoms with Crippen molar-refractivity contribution in [2.45, 2.75) is 39.4 Å². The van der Waals surface area contributed by atoms with Gasteiger partial charge < -0.3 is 5.32 Å². The van der Waals surface area contributed by atoms with E-state index in [1.54, 1.807) is 22.7 Å². The van der Waals surface area contributed by atoms with Crippen LogP contribution in [0.5, 0.6) is 0 Å². The minimum absolute atomic E-state index is 0.192. The molecule has 1 aliphatic heterocycles. The molecule has 2 aromatic heterocycles. The smallest absolute Gasteiger partial charge is 0.270 e. The molecule has 0 saturated carbocycles. The molecule has 1 N–H and O–H groups in total. The quantitative estimate of drug-likeness (QED) is 0.395. The van der Waals surface area contributed by atoms with E-state index in [2.05, 4.69) is 27.3 Å². The van der Waals surface area contributed by atoms with Crippen LogP contribution in [-0.4, -0.2) is 26.7 Å². The number of nitrogens with zero attached hydrogens (tertiary/aromatic N) is 3. The maximum Gasteiger partial charge on any atom is 0.270 e. The maximum absolute atomic E-state index is 13.5. The normalized spacial score (nSPS) is 13.7. The number of aryl methyl sites for hydroxylation is 1. The lowest BCUT2D eigenvalue weighted by atomic mass is 9.97. The van der Waals surface area contributed by atoms with Gasteiger partial charge in [0.2, 0.25) is 0 Å². The summed E-state index contributed by atoms with van der Waals surface area (Å²) in [7, 11) is 0. The summed E-state index contributed by atoms with van der Waals surface area (Å²) in [6, 6.07) is 13.4. The van der Waals surface area contributed by atoms with Crippen molar-refractivity contribution in [3.63, 3.8) is 0 Å². The molecule has 0 spiro atoms. The molecule has 35 heavy (non-hydrogen) atoms. The third kappa shape index (κ3) is 5.06. The summed E-state index contributed by atoms with van der Waals surface area (Å²) in [5, 5.41) is 3.56. The van der Waals surface area contributed by atoms with Crippen molar-refractivity contribution in [2.24, 2.45) is 0 Å². The van der Waals surface area contributed by atoms with Gasteiger partial charge in [0, 0.05) is 38.4 Å². The molecule has 1 amide bonds. The second-order valence-corrected chi connectivity index (χ2v) is 9.30. The summed E-state index contributed by atoms with van der Waals surface area (Å²) < 4.78 is 28.8. The highest BCUT2D eigenvalue weighted by molar-refractivity contribution is 6.30. The zero-order chi connectivity index (χ0) is 24.5. The standard InChI is InChI=1S/C27H25ClF2N4O/c1-2-24-26(34-16-21(28)5-6-25(34)32-24)27(35)31-13-17-3-4-20-15-33(8-7-19(20)9-17)14-18-10-22(29)12-23(30)11-18/h3-6,9-12,16H,2,7-8,13-15H2,1H3,(H,31,35). The molecule has 0 aliphatic carbocycles. The highest BCUT2D eigenvalue weighted by Gasteiger charge is 2.20. The molecular formula is C27H25ClF2N4O. The molecule has 4 aromatic rings. The van der Waals surface area contributed by atoms with E-state index in [4.69, 9.17) is 11.6 Å². The molecular weight excluding hydrogens is 470 g/mol. The number of halogens is 3. The van der Waals surface area contributed by atoms with Crippen LogP contribution < -0.4 is 5.32 Å². The number of hydrogen-bond acceptors (Lipinski definition) is 3. The van der Waals surface area contributed by atoms with Crippen molar-refractivity contribution in [3.8, 4) is 0 Å². The zero-order valence-corrected chi connectivity index (χ0v) is 20.1. The van der Waals surface area contributed by atoms with Gasteiger partial charge in [-0.2, -0.15) is 0 Å². The van der Waals surface area contributed by atoms with E-state index >= 15 is 0 Å². The van der Waals surface area contributed by atoms with Crippen molar-refractivity contribution in [2.75, 3.05) is 6.54 Å². The lowest BCUT2D eigenvalue weighted by Crippen LogP contribution is -2.30. The van der Waals surface area contributed by atoms with Crippen LogP contribution >= 0.6 is 11.6 Å². The van der Waals surface area contributed by atoms with E-state index < -0.39 is 11.6 Å². The van der Waals surface area contributed by atoms with Gasteiger partial charge in [-0.15, -0.1) is 0 Å². The van der Waals surface area contributed by atoms with Crippen molar-refractivity contribution in [1.82, 2.24) is 19.6 Å². The summed E-state index contributed by atoms with van der Waals surface area (Å²) in [4.78, 5) is 19.8. The van der Waals surface area contributed by atoms with Gasteiger partial charge in [-0.25, -0.2) is 13.8 Å². The number of imidazole rings is 1. The van der Waals surface area contributed by atoms with Crippen molar-refractivity contribution < 1.29 is 13.6 Å². The SMILES string of the molecule is CCc1nc2ccc(Cl)cn2c1C(=O)NCc1ccc2c(c1)CCN(Cc1cc(F)cc(F)c1)C2. The second kappa shape index (κ2) is 9.76. The first-order valence-electron chi connectivity index (χ1n) is 11.6. The van der Waals surface area contributed by atoms with E-state index in [0.717, 1.165) is 30.3 Å². The average molecular weight is 495 g/mol. The molecule has 5 rings (SSSR count). The first kappa shape index (κ1) is 23.5. The minimum atomic E-state index is -0.554. The average Bonchev–Trinajstić information content (AvgIpc) is 3.19. The number of pyridine rings is 1. The first-order chi connectivity index (χ1) is 16.9. The number of carbonyl (C=O) groups is 1. The van der Waals surface area contributed by atoms with Crippen LogP contribution in [0.4, 0.5) is 8.78 Å². The Hall–Kier alpha value is -3.29. The van der Waals surface area contributed by atoms with Crippen LogP contribution in [0.3, 0.4) is 0 Å². The Kier molecular flexibility index (Phi) is 6.54. The molecule has 3 heterocycles. The second-order valence-electron chi connectivity index (χ2n) is 8.86. The van der Waals surface area contributed by atoms with Gasteiger partial charge in [0.05, 0.1) is 10.7 Å². The van der Waals surface area contributed by atoms with Crippen LogP contribution in [0.15, 0.2) is 54.7 Å². The molecule has 0 atom stereocenters. The van der Waals surface area contributed by atoms with Crippen molar-refractivity contribution in [1.29, 1.82) is 0 Å². The van der Waals surface area contributed by atoms with Gasteiger partial charge >= 0.3 is 0 Å². The van der Waals surface area contributed by atoms with Crippen LogP contribution in [0, 0.1) is 11.6 Å². The monoisotopic (exact) mass is 494 g/mol. The summed E-state index contributed by atoms with van der Waals surface area (Å²) in [5.41, 5.74) is 5.99. The van der Waals surface area contributed by atoms with E-state index in [0.29, 0.717) is 48.0 Å². The number of nitrogens with one attached hydrogen (secondary N) is 1. The Bertz CT molecular complexity index is 1400. The zero-order valence-electron chi connectivity index (χ0n) is 19.3. The van der Waals surface area contributed by atoms with E-state index in [1.807, 2.05) is 13.0 Å². The van der Waals surface area contributed by atoms with E-state index in [-0.39, 0.29) is 5.91 Å². The lowest BCUT2D eigenvalue weighted by Gasteiger charge is -2.29. The maximum atomic E-state index is 13.5. The number of carbonyl (C=O) groups excluding carboxylic acids is 1. The summed E-state index contributed by atoms with van der Waals surface area (Å²) in [6.07, 6.45) is 3.18. The largest absolute Gasteiger partial charge is 0.347 e. The number of rotatable bonds is 6.